The minimum absolute atomic E-state index is 0.276. The number of anilines is 3. The molecule has 1 heterocycles. The van der Waals surface area contributed by atoms with Gasteiger partial charge in [0, 0.05) is 24.0 Å². The summed E-state index contributed by atoms with van der Waals surface area (Å²) in [6.07, 6.45) is 3.13. The predicted molar refractivity (Wildman–Crippen MR) is 108 cm³/mol. The Kier molecular flexibility index (Phi) is 5.96. The van der Waals surface area contributed by atoms with E-state index in [4.69, 9.17) is 14.2 Å². The van der Waals surface area contributed by atoms with Crippen molar-refractivity contribution in [2.75, 3.05) is 32.0 Å². The molecule has 0 unspecified atom stereocenters. The molecular weight excluding hydrogens is 358 g/mol. The van der Waals surface area contributed by atoms with Crippen molar-refractivity contribution in [2.45, 2.75) is 0 Å². The first kappa shape index (κ1) is 19.0. The van der Waals surface area contributed by atoms with Crippen LogP contribution in [0.1, 0.15) is 10.4 Å². The first-order chi connectivity index (χ1) is 13.6. The van der Waals surface area contributed by atoms with Crippen molar-refractivity contribution < 1.29 is 19.0 Å². The highest BCUT2D eigenvalue weighted by Crippen LogP contribution is 2.31. The maximum Gasteiger partial charge on any atom is 0.257 e. The van der Waals surface area contributed by atoms with Gasteiger partial charge in [0.1, 0.15) is 17.2 Å². The molecule has 0 radical (unpaired) electrons. The number of benzene rings is 2. The van der Waals surface area contributed by atoms with Gasteiger partial charge in [0.15, 0.2) is 0 Å². The Morgan fingerprint density at radius 2 is 1.64 bits per heavy atom. The minimum Gasteiger partial charge on any atom is -0.497 e. The Balaban J connectivity index is 1.79. The van der Waals surface area contributed by atoms with Crippen LogP contribution < -0.4 is 24.8 Å². The lowest BCUT2D eigenvalue weighted by Gasteiger charge is -2.13. The van der Waals surface area contributed by atoms with Crippen LogP contribution >= 0.6 is 0 Å². The van der Waals surface area contributed by atoms with E-state index in [0.717, 1.165) is 0 Å². The second-order valence-corrected chi connectivity index (χ2v) is 5.84. The average Bonchev–Trinajstić information content (AvgIpc) is 2.74. The minimum atomic E-state index is -0.276. The lowest BCUT2D eigenvalue weighted by molar-refractivity contribution is 0.102. The normalized spacial score (nSPS) is 10.1. The van der Waals surface area contributed by atoms with Crippen molar-refractivity contribution in [2.24, 2.45) is 0 Å². The zero-order valence-electron chi connectivity index (χ0n) is 15.9. The Hall–Kier alpha value is -3.74. The number of aromatic nitrogens is 1. The summed E-state index contributed by atoms with van der Waals surface area (Å²) in [6.45, 7) is 0. The molecule has 0 saturated carbocycles. The topological polar surface area (TPSA) is 81.7 Å². The molecule has 7 heteroatoms. The van der Waals surface area contributed by atoms with E-state index in [2.05, 4.69) is 15.6 Å². The van der Waals surface area contributed by atoms with E-state index in [9.17, 15) is 4.79 Å². The summed E-state index contributed by atoms with van der Waals surface area (Å²) in [5.41, 5.74) is 2.39. The number of rotatable bonds is 7. The van der Waals surface area contributed by atoms with Crippen LogP contribution in [0.15, 0.2) is 60.9 Å². The van der Waals surface area contributed by atoms with Crippen LogP contribution in [-0.4, -0.2) is 32.2 Å². The van der Waals surface area contributed by atoms with Gasteiger partial charge in [0.2, 0.25) is 0 Å². The SMILES string of the molecule is COc1cccc(NC(=O)c2cncc(Nc3cc(OC)ccc3OC)c2)c1. The van der Waals surface area contributed by atoms with Gasteiger partial charge >= 0.3 is 0 Å². The van der Waals surface area contributed by atoms with Gasteiger partial charge in [-0.3, -0.25) is 9.78 Å². The first-order valence-corrected chi connectivity index (χ1v) is 8.52. The molecule has 144 valence electrons. The molecular formula is C21H21N3O4. The number of ether oxygens (including phenoxy) is 3. The lowest BCUT2D eigenvalue weighted by Crippen LogP contribution is -2.12. The van der Waals surface area contributed by atoms with E-state index in [1.807, 2.05) is 12.1 Å². The fourth-order valence-electron chi connectivity index (χ4n) is 2.60. The number of methoxy groups -OCH3 is 3. The van der Waals surface area contributed by atoms with Crippen molar-refractivity contribution in [3.63, 3.8) is 0 Å². The van der Waals surface area contributed by atoms with Crippen molar-refractivity contribution in [3.05, 3.63) is 66.5 Å². The Morgan fingerprint density at radius 1 is 0.857 bits per heavy atom. The van der Waals surface area contributed by atoms with E-state index >= 15 is 0 Å². The van der Waals surface area contributed by atoms with E-state index in [1.54, 1.807) is 63.9 Å². The maximum absolute atomic E-state index is 12.6. The quantitative estimate of drug-likeness (QED) is 0.643. The summed E-state index contributed by atoms with van der Waals surface area (Å²) in [5.74, 6) is 1.72. The number of hydrogen-bond acceptors (Lipinski definition) is 6. The van der Waals surface area contributed by atoms with E-state index < -0.39 is 0 Å². The average molecular weight is 379 g/mol. The summed E-state index contributed by atoms with van der Waals surface area (Å²) in [4.78, 5) is 16.7. The van der Waals surface area contributed by atoms with Crippen LogP contribution in [0, 0.1) is 0 Å². The van der Waals surface area contributed by atoms with Gasteiger partial charge in [0.25, 0.3) is 5.91 Å². The molecule has 0 bridgehead atoms. The van der Waals surface area contributed by atoms with Crippen molar-refractivity contribution in [3.8, 4) is 17.2 Å². The van der Waals surface area contributed by atoms with E-state index in [-0.39, 0.29) is 5.91 Å². The molecule has 0 atom stereocenters. The Bertz CT molecular complexity index is 975. The molecule has 0 saturated heterocycles. The van der Waals surface area contributed by atoms with Crippen LogP contribution in [0.2, 0.25) is 0 Å². The summed E-state index contributed by atoms with van der Waals surface area (Å²) >= 11 is 0. The molecule has 7 nitrogen and oxygen atoms in total. The van der Waals surface area contributed by atoms with Crippen LogP contribution in [0.5, 0.6) is 17.2 Å². The number of nitrogens with one attached hydrogen (secondary N) is 2. The second kappa shape index (κ2) is 8.77. The van der Waals surface area contributed by atoms with Gasteiger partial charge in [0.05, 0.1) is 44.5 Å². The van der Waals surface area contributed by atoms with Gasteiger partial charge in [-0.2, -0.15) is 0 Å². The van der Waals surface area contributed by atoms with Crippen molar-refractivity contribution >= 4 is 23.0 Å². The van der Waals surface area contributed by atoms with Gasteiger partial charge < -0.3 is 24.8 Å². The zero-order valence-corrected chi connectivity index (χ0v) is 15.9. The smallest absolute Gasteiger partial charge is 0.257 e. The van der Waals surface area contributed by atoms with Gasteiger partial charge in [-0.15, -0.1) is 0 Å². The highest BCUT2D eigenvalue weighted by Gasteiger charge is 2.10. The molecule has 0 fully saturated rings. The number of nitrogens with zero attached hydrogens (tertiary/aromatic N) is 1. The molecule has 0 aliphatic rings. The number of pyridine rings is 1. The molecule has 0 spiro atoms. The highest BCUT2D eigenvalue weighted by molar-refractivity contribution is 6.04. The summed E-state index contributed by atoms with van der Waals surface area (Å²) in [6, 6.07) is 14.3. The Morgan fingerprint density at radius 3 is 2.39 bits per heavy atom. The maximum atomic E-state index is 12.6. The Labute approximate surface area is 163 Å². The van der Waals surface area contributed by atoms with Gasteiger partial charge in [-0.1, -0.05) is 6.07 Å². The summed E-state index contributed by atoms with van der Waals surface area (Å²) in [7, 11) is 4.76. The van der Waals surface area contributed by atoms with Gasteiger partial charge in [-0.05, 0) is 30.3 Å². The van der Waals surface area contributed by atoms with Crippen molar-refractivity contribution in [1.29, 1.82) is 0 Å². The van der Waals surface area contributed by atoms with E-state index in [1.165, 1.54) is 6.20 Å². The molecule has 1 aromatic heterocycles. The molecule has 0 aliphatic heterocycles. The fourth-order valence-corrected chi connectivity index (χ4v) is 2.60. The number of carbonyl (C=O) groups excluding carboxylic acids is 1. The third-order valence-electron chi connectivity index (χ3n) is 4.01. The summed E-state index contributed by atoms with van der Waals surface area (Å²) in [5, 5.41) is 6.04. The molecule has 28 heavy (non-hydrogen) atoms. The molecule has 1 amide bonds. The summed E-state index contributed by atoms with van der Waals surface area (Å²) < 4.78 is 15.8. The molecule has 0 aliphatic carbocycles. The third-order valence-corrected chi connectivity index (χ3v) is 4.01. The standard InChI is InChI=1S/C21H21N3O4/c1-26-17-6-4-5-15(10-17)24-21(25)14-9-16(13-22-12-14)23-19-11-18(27-2)7-8-20(19)28-3/h4-13,23H,1-3H3,(H,24,25). The molecule has 3 aromatic rings. The zero-order chi connectivity index (χ0) is 19.9. The van der Waals surface area contributed by atoms with Crippen LogP contribution in [0.25, 0.3) is 0 Å². The molecule has 2 N–H and O–H groups in total. The second-order valence-electron chi connectivity index (χ2n) is 5.84. The number of amides is 1. The lowest BCUT2D eigenvalue weighted by atomic mass is 10.2. The molecule has 3 rings (SSSR count). The predicted octanol–water partition coefficient (Wildman–Crippen LogP) is 4.10. The largest absolute Gasteiger partial charge is 0.497 e. The number of carbonyl (C=O) groups is 1. The monoisotopic (exact) mass is 379 g/mol. The highest BCUT2D eigenvalue weighted by atomic mass is 16.5. The van der Waals surface area contributed by atoms with E-state index in [0.29, 0.717) is 39.9 Å². The fraction of sp³-hybridized carbons (Fsp3) is 0.143. The molecule has 2 aromatic carbocycles. The van der Waals surface area contributed by atoms with Gasteiger partial charge in [-0.25, -0.2) is 0 Å². The van der Waals surface area contributed by atoms with Crippen molar-refractivity contribution in [1.82, 2.24) is 4.98 Å². The van der Waals surface area contributed by atoms with Crippen LogP contribution in [-0.2, 0) is 0 Å². The van der Waals surface area contributed by atoms with Crippen LogP contribution in [0.3, 0.4) is 0 Å². The first-order valence-electron chi connectivity index (χ1n) is 8.52. The third kappa shape index (κ3) is 4.50. The number of hydrogen-bond donors (Lipinski definition) is 2. The van der Waals surface area contributed by atoms with Crippen LogP contribution in [0.4, 0.5) is 17.1 Å².